The summed E-state index contributed by atoms with van der Waals surface area (Å²) in [5.74, 6) is 0.637. The zero-order chi connectivity index (χ0) is 20.0. The van der Waals surface area contributed by atoms with Gasteiger partial charge in [0.05, 0.1) is 0 Å². The van der Waals surface area contributed by atoms with Crippen LogP contribution >= 0.6 is 0 Å². The molecule has 2 fully saturated rings. The second-order valence-electron chi connectivity index (χ2n) is 11.2. The molecular weight excluding hydrogens is 324 g/mol. The average molecular weight is 365 g/mol. The molecule has 0 unspecified atom stereocenters. The third kappa shape index (κ3) is 4.32. The smallest absolute Gasteiger partial charge is 0.228 e. The van der Waals surface area contributed by atoms with E-state index in [-0.39, 0.29) is 21.8 Å². The molecule has 4 nitrogen and oxygen atoms in total. The summed E-state index contributed by atoms with van der Waals surface area (Å²) in [6, 6.07) is 0. The maximum absolute atomic E-state index is 13.2. The number of carbonyl (C=O) groups is 2. The number of carbonyl (C=O) groups excluding carboxylic acids is 2. The summed E-state index contributed by atoms with van der Waals surface area (Å²) in [5.41, 5.74) is -0.674. The van der Waals surface area contributed by atoms with Crippen LogP contribution in [0, 0.1) is 16.2 Å². The van der Waals surface area contributed by atoms with Gasteiger partial charge in [0.2, 0.25) is 5.91 Å². The molecule has 0 aromatic heterocycles. The molecule has 2 aliphatic heterocycles. The number of Topliss-reactive ketones (excluding diaryl/α,β-unsaturated/α-hetero) is 1. The molecule has 1 amide bonds. The van der Waals surface area contributed by atoms with Crippen molar-refractivity contribution in [1.29, 1.82) is 0 Å². The fraction of sp³-hybridized carbons (Fsp3) is 0.909. The lowest BCUT2D eigenvalue weighted by molar-refractivity contribution is -0.150. The third-order valence-electron chi connectivity index (χ3n) is 6.72. The predicted octanol–water partition coefficient (Wildman–Crippen LogP) is 4.13. The lowest BCUT2D eigenvalue weighted by Gasteiger charge is -2.47. The van der Waals surface area contributed by atoms with Gasteiger partial charge in [-0.05, 0) is 59.5 Å². The number of ketones is 1. The molecule has 0 aromatic carbocycles. The van der Waals surface area contributed by atoms with Crippen molar-refractivity contribution in [3.63, 3.8) is 0 Å². The first-order chi connectivity index (χ1) is 11.7. The molecule has 0 aliphatic carbocycles. The van der Waals surface area contributed by atoms with Gasteiger partial charge in [-0.25, -0.2) is 0 Å². The Morgan fingerprint density at radius 1 is 0.731 bits per heavy atom. The Balaban J connectivity index is 1.97. The normalized spacial score (nSPS) is 24.4. The number of likely N-dealkylation sites (tertiary alicyclic amines) is 2. The Bertz CT molecular complexity index is 537. The van der Waals surface area contributed by atoms with E-state index in [0.29, 0.717) is 11.7 Å². The SMILES string of the molecule is CC(C)(C)C(=O)C1(C)CCN(C(=O)C2(C)CCN(C(C)(C)C)CC2)CC1. The van der Waals surface area contributed by atoms with Crippen molar-refractivity contribution in [3.8, 4) is 0 Å². The quantitative estimate of drug-likeness (QED) is 0.740. The highest BCUT2D eigenvalue weighted by Gasteiger charge is 2.46. The highest BCUT2D eigenvalue weighted by Crippen LogP contribution is 2.41. The number of nitrogens with zero attached hydrogens (tertiary/aromatic N) is 2. The van der Waals surface area contributed by atoms with Crippen molar-refractivity contribution in [2.75, 3.05) is 26.2 Å². The first-order valence-electron chi connectivity index (χ1n) is 10.3. The summed E-state index contributed by atoms with van der Waals surface area (Å²) in [6.45, 7) is 20.4. The number of hydrogen-bond acceptors (Lipinski definition) is 3. The Morgan fingerprint density at radius 3 is 1.54 bits per heavy atom. The van der Waals surface area contributed by atoms with Crippen LogP contribution in [0.4, 0.5) is 0 Å². The molecule has 2 saturated heterocycles. The summed E-state index contributed by atoms with van der Waals surface area (Å²) >= 11 is 0. The van der Waals surface area contributed by atoms with Crippen molar-refractivity contribution in [1.82, 2.24) is 9.80 Å². The van der Waals surface area contributed by atoms with Gasteiger partial charge in [-0.2, -0.15) is 0 Å². The predicted molar refractivity (Wildman–Crippen MR) is 107 cm³/mol. The lowest BCUT2D eigenvalue weighted by atomic mass is 9.68. The standard InChI is InChI=1S/C22H40N2O2/c1-19(2,3)17(25)21(7)9-13-23(14-10-21)18(26)22(8)11-15-24(16-12-22)20(4,5)6/h9-16H2,1-8H3. The van der Waals surface area contributed by atoms with Crippen molar-refractivity contribution < 1.29 is 9.59 Å². The molecule has 4 heteroatoms. The highest BCUT2D eigenvalue weighted by atomic mass is 16.2. The van der Waals surface area contributed by atoms with E-state index in [1.807, 2.05) is 25.7 Å². The van der Waals surface area contributed by atoms with E-state index in [0.717, 1.165) is 51.9 Å². The van der Waals surface area contributed by atoms with Gasteiger partial charge < -0.3 is 4.90 Å². The van der Waals surface area contributed by atoms with Gasteiger partial charge in [0.15, 0.2) is 0 Å². The van der Waals surface area contributed by atoms with Gasteiger partial charge in [0, 0.05) is 34.9 Å². The van der Waals surface area contributed by atoms with Crippen molar-refractivity contribution in [2.45, 2.75) is 86.6 Å². The van der Waals surface area contributed by atoms with Crippen LogP contribution in [0.3, 0.4) is 0 Å². The fourth-order valence-electron chi connectivity index (χ4n) is 4.60. The van der Waals surface area contributed by atoms with Crippen LogP contribution in [-0.2, 0) is 9.59 Å². The van der Waals surface area contributed by atoms with Crippen LogP contribution in [0.15, 0.2) is 0 Å². The average Bonchev–Trinajstić information content (AvgIpc) is 2.53. The Labute approximate surface area is 160 Å². The Hall–Kier alpha value is -0.900. The minimum absolute atomic E-state index is 0.171. The molecule has 0 radical (unpaired) electrons. The topological polar surface area (TPSA) is 40.6 Å². The molecular formula is C22H40N2O2. The molecule has 2 heterocycles. The third-order valence-corrected chi connectivity index (χ3v) is 6.72. The van der Waals surface area contributed by atoms with Gasteiger partial charge in [0.25, 0.3) is 0 Å². The molecule has 2 aliphatic rings. The molecule has 26 heavy (non-hydrogen) atoms. The number of rotatable bonds is 2. The minimum atomic E-state index is -0.313. The van der Waals surface area contributed by atoms with Crippen LogP contribution in [0.1, 0.15) is 81.1 Å². The molecule has 0 aromatic rings. The first-order valence-corrected chi connectivity index (χ1v) is 10.3. The second-order valence-corrected chi connectivity index (χ2v) is 11.2. The van der Waals surface area contributed by atoms with E-state index in [1.54, 1.807) is 0 Å². The monoisotopic (exact) mass is 364 g/mol. The van der Waals surface area contributed by atoms with E-state index >= 15 is 0 Å². The molecule has 0 spiro atoms. The largest absolute Gasteiger partial charge is 0.342 e. The molecule has 0 saturated carbocycles. The van der Waals surface area contributed by atoms with Gasteiger partial charge >= 0.3 is 0 Å². The van der Waals surface area contributed by atoms with Gasteiger partial charge in [0.1, 0.15) is 5.78 Å². The zero-order valence-corrected chi connectivity index (χ0v) is 18.4. The fourth-order valence-corrected chi connectivity index (χ4v) is 4.60. The summed E-state index contributed by atoms with van der Waals surface area (Å²) in [5, 5.41) is 0. The van der Waals surface area contributed by atoms with Crippen LogP contribution in [-0.4, -0.2) is 53.2 Å². The second kappa shape index (κ2) is 6.92. The lowest BCUT2D eigenvalue weighted by Crippen LogP contribution is -2.55. The van der Waals surface area contributed by atoms with Crippen molar-refractivity contribution >= 4 is 11.7 Å². The Morgan fingerprint density at radius 2 is 1.15 bits per heavy atom. The van der Waals surface area contributed by atoms with Crippen LogP contribution in [0.2, 0.25) is 0 Å². The van der Waals surface area contributed by atoms with E-state index in [1.165, 1.54) is 0 Å². The number of amides is 1. The first kappa shape index (κ1) is 21.4. The molecule has 0 N–H and O–H groups in total. The highest BCUT2D eigenvalue weighted by molar-refractivity contribution is 5.89. The van der Waals surface area contributed by atoms with Crippen LogP contribution in [0.5, 0.6) is 0 Å². The summed E-state index contributed by atoms with van der Waals surface area (Å²) in [6.07, 6.45) is 3.44. The summed E-state index contributed by atoms with van der Waals surface area (Å²) < 4.78 is 0. The maximum Gasteiger partial charge on any atom is 0.228 e. The maximum atomic E-state index is 13.2. The van der Waals surface area contributed by atoms with Crippen LogP contribution < -0.4 is 0 Å². The van der Waals surface area contributed by atoms with Gasteiger partial charge in [-0.3, -0.25) is 14.5 Å². The molecule has 2 rings (SSSR count). The van der Waals surface area contributed by atoms with E-state index in [2.05, 4.69) is 39.5 Å². The number of hydrogen-bond donors (Lipinski definition) is 0. The number of piperidine rings is 2. The zero-order valence-electron chi connectivity index (χ0n) is 18.4. The minimum Gasteiger partial charge on any atom is -0.342 e. The molecule has 0 bridgehead atoms. The van der Waals surface area contributed by atoms with Gasteiger partial charge in [-0.1, -0.05) is 34.6 Å². The van der Waals surface area contributed by atoms with Crippen molar-refractivity contribution in [2.24, 2.45) is 16.2 Å². The molecule has 150 valence electrons. The summed E-state index contributed by atoms with van der Waals surface area (Å²) in [4.78, 5) is 30.6. The van der Waals surface area contributed by atoms with E-state index in [4.69, 9.17) is 0 Å². The summed E-state index contributed by atoms with van der Waals surface area (Å²) in [7, 11) is 0. The van der Waals surface area contributed by atoms with Crippen molar-refractivity contribution in [3.05, 3.63) is 0 Å². The van der Waals surface area contributed by atoms with Crippen LogP contribution in [0.25, 0.3) is 0 Å². The van der Waals surface area contributed by atoms with Gasteiger partial charge in [-0.15, -0.1) is 0 Å². The molecule has 0 atom stereocenters. The van der Waals surface area contributed by atoms with E-state index < -0.39 is 0 Å². The van der Waals surface area contributed by atoms with E-state index in [9.17, 15) is 9.59 Å². The Kier molecular flexibility index (Phi) is 5.70.